The molecule has 3 heteroatoms. The fourth-order valence-corrected chi connectivity index (χ4v) is 1.99. The van der Waals surface area contributed by atoms with Crippen LogP contribution in [0.1, 0.15) is 50.4 Å². The lowest BCUT2D eigenvalue weighted by molar-refractivity contribution is 0.161. The van der Waals surface area contributed by atoms with Gasteiger partial charge in [0.2, 0.25) is 5.88 Å². The summed E-state index contributed by atoms with van der Waals surface area (Å²) in [4.78, 5) is 4.59. The van der Waals surface area contributed by atoms with Gasteiger partial charge in [-0.3, -0.25) is 0 Å². The topological polar surface area (TPSA) is 34.1 Å². The van der Waals surface area contributed by atoms with Crippen LogP contribution in [-0.2, 0) is 6.54 Å². The Balaban J connectivity index is 2.17. The first kappa shape index (κ1) is 14.3. The van der Waals surface area contributed by atoms with Crippen molar-refractivity contribution in [1.82, 2.24) is 10.3 Å². The molecular formula is C16H26N2O. The Morgan fingerprint density at radius 1 is 1.32 bits per heavy atom. The number of pyridine rings is 1. The van der Waals surface area contributed by atoms with Crippen LogP contribution in [0.2, 0.25) is 0 Å². The minimum absolute atomic E-state index is 0.188. The lowest BCUT2D eigenvalue weighted by atomic mass is 10.1. The summed E-state index contributed by atoms with van der Waals surface area (Å²) >= 11 is 0. The third-order valence-electron chi connectivity index (χ3n) is 3.82. The van der Waals surface area contributed by atoms with Crippen molar-refractivity contribution in [1.29, 1.82) is 0 Å². The third kappa shape index (κ3) is 3.93. The second kappa shape index (κ2) is 5.91. The number of hydrogen-bond acceptors (Lipinski definition) is 3. The Morgan fingerprint density at radius 3 is 2.58 bits per heavy atom. The van der Waals surface area contributed by atoms with Crippen LogP contribution in [0.3, 0.4) is 0 Å². The van der Waals surface area contributed by atoms with E-state index >= 15 is 0 Å². The quantitative estimate of drug-likeness (QED) is 0.853. The highest BCUT2D eigenvalue weighted by Crippen LogP contribution is 2.25. The van der Waals surface area contributed by atoms with E-state index < -0.39 is 0 Å². The van der Waals surface area contributed by atoms with Crippen LogP contribution in [0.4, 0.5) is 0 Å². The molecule has 0 spiro atoms. The number of hydrogen-bond donors (Lipinski definition) is 1. The van der Waals surface area contributed by atoms with Crippen molar-refractivity contribution in [2.75, 3.05) is 0 Å². The van der Waals surface area contributed by atoms with Crippen molar-refractivity contribution >= 4 is 0 Å². The van der Waals surface area contributed by atoms with Crippen LogP contribution in [0.25, 0.3) is 0 Å². The van der Waals surface area contributed by atoms with Gasteiger partial charge in [0.05, 0.1) is 6.10 Å². The van der Waals surface area contributed by atoms with Crippen LogP contribution >= 0.6 is 0 Å². The Labute approximate surface area is 116 Å². The Hall–Kier alpha value is -1.09. The number of ether oxygens (including phenoxy) is 1. The van der Waals surface area contributed by atoms with Gasteiger partial charge < -0.3 is 10.1 Å². The van der Waals surface area contributed by atoms with Gasteiger partial charge in [0.15, 0.2) is 0 Å². The van der Waals surface area contributed by atoms with Crippen LogP contribution in [-0.4, -0.2) is 17.1 Å². The maximum atomic E-state index is 6.07. The molecule has 0 aromatic carbocycles. The van der Waals surface area contributed by atoms with E-state index in [2.05, 4.69) is 44.1 Å². The van der Waals surface area contributed by atoms with Crippen molar-refractivity contribution in [3.05, 3.63) is 22.9 Å². The maximum Gasteiger partial charge on any atom is 0.218 e. The fourth-order valence-electron chi connectivity index (χ4n) is 1.99. The summed E-state index contributed by atoms with van der Waals surface area (Å²) in [6.07, 6.45) is 2.79. The summed E-state index contributed by atoms with van der Waals surface area (Å²) in [5, 5.41) is 3.56. The lowest BCUT2D eigenvalue weighted by Crippen LogP contribution is -2.23. The van der Waals surface area contributed by atoms with Gasteiger partial charge in [0.25, 0.3) is 0 Å². The van der Waals surface area contributed by atoms with E-state index in [-0.39, 0.29) is 6.10 Å². The summed E-state index contributed by atoms with van der Waals surface area (Å²) in [6, 6.07) is 2.84. The molecule has 1 aliphatic rings. The molecule has 1 aliphatic carbocycles. The van der Waals surface area contributed by atoms with Gasteiger partial charge in [-0.1, -0.05) is 13.8 Å². The van der Waals surface area contributed by atoms with Crippen LogP contribution in [0.5, 0.6) is 5.88 Å². The van der Waals surface area contributed by atoms with Gasteiger partial charge >= 0.3 is 0 Å². The molecule has 1 unspecified atom stereocenters. The van der Waals surface area contributed by atoms with Gasteiger partial charge in [0.1, 0.15) is 0 Å². The first-order chi connectivity index (χ1) is 8.97. The first-order valence-electron chi connectivity index (χ1n) is 7.34. The third-order valence-corrected chi connectivity index (χ3v) is 3.82. The zero-order valence-electron chi connectivity index (χ0n) is 12.8. The van der Waals surface area contributed by atoms with Crippen molar-refractivity contribution in [3.63, 3.8) is 0 Å². The van der Waals surface area contributed by atoms with E-state index in [0.29, 0.717) is 12.0 Å². The maximum absolute atomic E-state index is 6.07. The van der Waals surface area contributed by atoms with Gasteiger partial charge in [0, 0.05) is 23.8 Å². The van der Waals surface area contributed by atoms with Gasteiger partial charge in [-0.25, -0.2) is 4.98 Å². The molecule has 0 bridgehead atoms. The first-order valence-corrected chi connectivity index (χ1v) is 7.34. The van der Waals surface area contributed by atoms with E-state index in [9.17, 15) is 0 Å². The second-order valence-electron chi connectivity index (χ2n) is 6.09. The van der Waals surface area contributed by atoms with Gasteiger partial charge in [-0.15, -0.1) is 0 Å². The SMILES string of the molecule is Cc1cc(C)c(CNC2CC2)c(OC(C)C(C)C)n1. The Kier molecular flexibility index (Phi) is 4.46. The number of nitrogens with one attached hydrogen (secondary N) is 1. The molecule has 1 atom stereocenters. The second-order valence-corrected chi connectivity index (χ2v) is 6.09. The summed E-state index contributed by atoms with van der Waals surface area (Å²) < 4.78 is 6.07. The number of nitrogens with zero attached hydrogens (tertiary/aromatic N) is 1. The van der Waals surface area contributed by atoms with Crippen LogP contribution in [0, 0.1) is 19.8 Å². The Morgan fingerprint density at radius 2 is 2.00 bits per heavy atom. The van der Waals surface area contributed by atoms with Crippen LogP contribution in [0.15, 0.2) is 6.07 Å². The molecule has 0 saturated heterocycles. The molecule has 0 amide bonds. The van der Waals surface area contributed by atoms with Gasteiger partial charge in [-0.05, 0) is 51.2 Å². The molecule has 2 rings (SSSR count). The molecule has 1 saturated carbocycles. The van der Waals surface area contributed by atoms with Crippen molar-refractivity contribution in [3.8, 4) is 5.88 Å². The fraction of sp³-hybridized carbons (Fsp3) is 0.688. The minimum atomic E-state index is 0.188. The molecule has 1 heterocycles. The number of aryl methyl sites for hydroxylation is 2. The van der Waals surface area contributed by atoms with E-state index in [1.54, 1.807) is 0 Å². The summed E-state index contributed by atoms with van der Waals surface area (Å²) in [6.45, 7) is 11.5. The molecular weight excluding hydrogens is 236 g/mol. The molecule has 1 aromatic rings. The largest absolute Gasteiger partial charge is 0.474 e. The number of aromatic nitrogens is 1. The standard InChI is InChI=1S/C16H26N2O/c1-10(2)13(5)19-16-15(9-17-14-6-7-14)11(3)8-12(4)18-16/h8,10,13-14,17H,6-7,9H2,1-5H3. The molecule has 1 aromatic heterocycles. The summed E-state index contributed by atoms with van der Waals surface area (Å²) in [7, 11) is 0. The zero-order valence-corrected chi connectivity index (χ0v) is 12.8. The molecule has 106 valence electrons. The minimum Gasteiger partial charge on any atom is -0.474 e. The predicted octanol–water partition coefficient (Wildman–Crippen LogP) is 3.37. The molecule has 0 aliphatic heterocycles. The number of rotatable bonds is 6. The lowest BCUT2D eigenvalue weighted by Gasteiger charge is -2.21. The van der Waals surface area contributed by atoms with Gasteiger partial charge in [-0.2, -0.15) is 0 Å². The van der Waals surface area contributed by atoms with E-state index in [4.69, 9.17) is 4.74 Å². The average Bonchev–Trinajstić information content (AvgIpc) is 3.11. The summed E-state index contributed by atoms with van der Waals surface area (Å²) in [5.41, 5.74) is 3.51. The molecule has 3 nitrogen and oxygen atoms in total. The zero-order chi connectivity index (χ0) is 14.0. The van der Waals surface area contributed by atoms with E-state index in [1.807, 2.05) is 6.92 Å². The van der Waals surface area contributed by atoms with Crippen LogP contribution < -0.4 is 10.1 Å². The molecule has 1 fully saturated rings. The average molecular weight is 262 g/mol. The Bertz CT molecular complexity index is 439. The summed E-state index contributed by atoms with van der Waals surface area (Å²) in [5.74, 6) is 1.30. The van der Waals surface area contributed by atoms with E-state index in [1.165, 1.54) is 24.0 Å². The normalized spacial score (nSPS) is 16.7. The highest BCUT2D eigenvalue weighted by Gasteiger charge is 2.22. The molecule has 1 N–H and O–H groups in total. The molecule has 0 radical (unpaired) electrons. The highest BCUT2D eigenvalue weighted by molar-refractivity contribution is 5.36. The van der Waals surface area contributed by atoms with E-state index in [0.717, 1.165) is 18.1 Å². The van der Waals surface area contributed by atoms with Crippen molar-refractivity contribution in [2.45, 2.75) is 66.2 Å². The monoisotopic (exact) mass is 262 g/mol. The predicted molar refractivity (Wildman–Crippen MR) is 78.5 cm³/mol. The molecule has 19 heavy (non-hydrogen) atoms. The van der Waals surface area contributed by atoms with Crippen molar-refractivity contribution < 1.29 is 4.74 Å². The smallest absolute Gasteiger partial charge is 0.218 e. The highest BCUT2D eigenvalue weighted by atomic mass is 16.5. The van der Waals surface area contributed by atoms with Crippen molar-refractivity contribution in [2.24, 2.45) is 5.92 Å².